The average molecular weight is 302 g/mol. The number of carbonyl (C=O) groups is 4. The number of ether oxygens (including phenoxy) is 1. The van der Waals surface area contributed by atoms with E-state index >= 15 is 0 Å². The Morgan fingerprint density at radius 2 is 1.00 bits per heavy atom. The minimum Gasteiger partial charge on any atom is -0.481 e. The predicted octanol–water partition coefficient (Wildman–Crippen LogP) is 2.13. The minimum atomic E-state index is -1.11. The van der Waals surface area contributed by atoms with Gasteiger partial charge in [-0.1, -0.05) is 25.7 Å². The van der Waals surface area contributed by atoms with E-state index in [9.17, 15) is 19.2 Å². The van der Waals surface area contributed by atoms with Crippen molar-refractivity contribution in [3.05, 3.63) is 0 Å². The first kappa shape index (κ1) is 19.1. The van der Waals surface area contributed by atoms with Crippen LogP contribution in [0.25, 0.3) is 0 Å². The first-order valence-corrected chi connectivity index (χ1v) is 7.09. The zero-order valence-electron chi connectivity index (χ0n) is 12.0. The highest BCUT2D eigenvalue weighted by Gasteiger charge is 2.11. The maximum absolute atomic E-state index is 11.3. The maximum Gasteiger partial charge on any atom is 0.314 e. The molecule has 0 aliphatic rings. The van der Waals surface area contributed by atoms with Gasteiger partial charge in [-0.25, -0.2) is 0 Å². The molecule has 21 heavy (non-hydrogen) atoms. The Kier molecular flexibility index (Phi) is 10.8. The van der Waals surface area contributed by atoms with Crippen LogP contribution in [0.1, 0.15) is 64.2 Å². The molecule has 0 fully saturated rings. The molecule has 0 aliphatic heterocycles. The number of carboxylic acid groups (broad SMARTS) is 2. The standard InChI is InChI=1S/C14H22O7/c15-11(16)7-5-3-1-2-4-6-8-13(19)21-14(20)10-9-12(17)18/h1-10H2,(H,15,16)(H,17,18). The highest BCUT2D eigenvalue weighted by atomic mass is 16.6. The first-order valence-electron chi connectivity index (χ1n) is 7.09. The van der Waals surface area contributed by atoms with Crippen molar-refractivity contribution >= 4 is 23.9 Å². The molecular formula is C14H22O7. The second-order valence-corrected chi connectivity index (χ2v) is 4.75. The van der Waals surface area contributed by atoms with Gasteiger partial charge in [0.15, 0.2) is 0 Å². The van der Waals surface area contributed by atoms with Crippen LogP contribution in [0.4, 0.5) is 0 Å². The summed E-state index contributed by atoms with van der Waals surface area (Å²) in [5.41, 5.74) is 0. The van der Waals surface area contributed by atoms with Crippen molar-refractivity contribution in [3.63, 3.8) is 0 Å². The van der Waals surface area contributed by atoms with Crippen LogP contribution in [0, 0.1) is 0 Å². The maximum atomic E-state index is 11.3. The van der Waals surface area contributed by atoms with Crippen molar-refractivity contribution in [3.8, 4) is 0 Å². The summed E-state index contributed by atoms with van der Waals surface area (Å²) in [6, 6.07) is 0. The molecule has 0 bridgehead atoms. The fourth-order valence-corrected chi connectivity index (χ4v) is 1.69. The van der Waals surface area contributed by atoms with E-state index in [0.29, 0.717) is 12.8 Å². The molecule has 0 saturated carbocycles. The van der Waals surface area contributed by atoms with Gasteiger partial charge in [0.05, 0.1) is 12.8 Å². The van der Waals surface area contributed by atoms with Crippen molar-refractivity contribution in [1.29, 1.82) is 0 Å². The highest BCUT2D eigenvalue weighted by Crippen LogP contribution is 2.09. The second-order valence-electron chi connectivity index (χ2n) is 4.75. The van der Waals surface area contributed by atoms with Gasteiger partial charge in [-0.15, -0.1) is 0 Å². The van der Waals surface area contributed by atoms with Crippen LogP contribution in [0.3, 0.4) is 0 Å². The Morgan fingerprint density at radius 3 is 1.52 bits per heavy atom. The van der Waals surface area contributed by atoms with Gasteiger partial charge in [0, 0.05) is 12.8 Å². The highest BCUT2D eigenvalue weighted by molar-refractivity contribution is 5.86. The molecule has 0 saturated heterocycles. The largest absolute Gasteiger partial charge is 0.481 e. The number of hydrogen-bond acceptors (Lipinski definition) is 5. The van der Waals surface area contributed by atoms with Crippen LogP contribution < -0.4 is 0 Å². The quantitative estimate of drug-likeness (QED) is 0.322. The van der Waals surface area contributed by atoms with Crippen LogP contribution in [0.2, 0.25) is 0 Å². The van der Waals surface area contributed by atoms with Gasteiger partial charge in [0.1, 0.15) is 0 Å². The Labute approximate surface area is 123 Å². The fraction of sp³-hybridized carbons (Fsp3) is 0.714. The molecule has 0 heterocycles. The number of carbonyl (C=O) groups excluding carboxylic acids is 2. The Bertz CT molecular complexity index is 362. The van der Waals surface area contributed by atoms with Gasteiger partial charge >= 0.3 is 23.9 Å². The number of aliphatic carboxylic acids is 2. The second kappa shape index (κ2) is 11.9. The van der Waals surface area contributed by atoms with Crippen molar-refractivity contribution < 1.29 is 34.1 Å². The van der Waals surface area contributed by atoms with E-state index in [2.05, 4.69) is 4.74 Å². The molecule has 120 valence electrons. The SMILES string of the molecule is O=C(O)CCCCCCCCC(=O)OC(=O)CCC(=O)O. The summed E-state index contributed by atoms with van der Waals surface area (Å²) in [5, 5.41) is 16.8. The van der Waals surface area contributed by atoms with Crippen LogP contribution in [-0.4, -0.2) is 34.1 Å². The lowest BCUT2D eigenvalue weighted by Gasteiger charge is -2.02. The van der Waals surface area contributed by atoms with Crippen LogP contribution >= 0.6 is 0 Å². The summed E-state index contributed by atoms with van der Waals surface area (Å²) < 4.78 is 4.47. The van der Waals surface area contributed by atoms with Gasteiger partial charge < -0.3 is 14.9 Å². The third-order valence-electron chi connectivity index (χ3n) is 2.79. The molecule has 7 heteroatoms. The topological polar surface area (TPSA) is 118 Å². The summed E-state index contributed by atoms with van der Waals surface area (Å²) >= 11 is 0. The molecule has 0 aliphatic carbocycles. The van der Waals surface area contributed by atoms with Gasteiger partial charge in [0.25, 0.3) is 0 Å². The van der Waals surface area contributed by atoms with Crippen LogP contribution in [0.5, 0.6) is 0 Å². The summed E-state index contributed by atoms with van der Waals surface area (Å²) in [6.45, 7) is 0. The van der Waals surface area contributed by atoms with E-state index in [1.807, 2.05) is 0 Å². The van der Waals surface area contributed by atoms with E-state index in [4.69, 9.17) is 10.2 Å². The lowest BCUT2D eigenvalue weighted by molar-refractivity contribution is -0.161. The zero-order valence-corrected chi connectivity index (χ0v) is 12.0. The molecule has 0 rings (SSSR count). The molecule has 0 aromatic rings. The van der Waals surface area contributed by atoms with E-state index < -0.39 is 23.9 Å². The van der Waals surface area contributed by atoms with Crippen molar-refractivity contribution in [2.45, 2.75) is 64.2 Å². The van der Waals surface area contributed by atoms with Gasteiger partial charge in [-0.3, -0.25) is 19.2 Å². The zero-order chi connectivity index (χ0) is 16.1. The molecule has 7 nitrogen and oxygen atoms in total. The fourth-order valence-electron chi connectivity index (χ4n) is 1.69. The normalized spacial score (nSPS) is 10.1. The summed E-state index contributed by atoms with van der Waals surface area (Å²) in [6.07, 6.45) is 4.42. The summed E-state index contributed by atoms with van der Waals surface area (Å²) in [7, 11) is 0. The number of esters is 2. The van der Waals surface area contributed by atoms with Crippen LogP contribution in [0.15, 0.2) is 0 Å². The summed E-state index contributed by atoms with van der Waals surface area (Å²) in [4.78, 5) is 42.8. The third kappa shape index (κ3) is 14.3. The number of carboxylic acids is 2. The minimum absolute atomic E-state index is 0.133. The predicted molar refractivity (Wildman–Crippen MR) is 72.5 cm³/mol. The smallest absolute Gasteiger partial charge is 0.314 e. The monoisotopic (exact) mass is 302 g/mol. The van der Waals surface area contributed by atoms with E-state index in [-0.39, 0.29) is 25.7 Å². The van der Waals surface area contributed by atoms with Gasteiger partial charge in [0.2, 0.25) is 0 Å². The van der Waals surface area contributed by atoms with Crippen molar-refractivity contribution in [1.82, 2.24) is 0 Å². The van der Waals surface area contributed by atoms with E-state index in [1.54, 1.807) is 0 Å². The Morgan fingerprint density at radius 1 is 0.571 bits per heavy atom. The molecule has 2 N–H and O–H groups in total. The van der Waals surface area contributed by atoms with Gasteiger partial charge in [-0.2, -0.15) is 0 Å². The lowest BCUT2D eigenvalue weighted by atomic mass is 10.1. The molecule has 0 aromatic heterocycles. The van der Waals surface area contributed by atoms with Gasteiger partial charge in [-0.05, 0) is 12.8 Å². The third-order valence-corrected chi connectivity index (χ3v) is 2.79. The lowest BCUT2D eigenvalue weighted by Crippen LogP contribution is -2.13. The molecule has 0 aromatic carbocycles. The van der Waals surface area contributed by atoms with Crippen molar-refractivity contribution in [2.75, 3.05) is 0 Å². The molecule has 0 unspecified atom stereocenters. The first-order chi connectivity index (χ1) is 9.91. The molecular weight excluding hydrogens is 280 g/mol. The molecule has 0 atom stereocenters. The Hall–Kier alpha value is -1.92. The molecule has 0 amide bonds. The average Bonchev–Trinajstić information content (AvgIpc) is 2.39. The summed E-state index contributed by atoms with van der Waals surface area (Å²) in [5.74, 6) is -3.33. The number of rotatable bonds is 12. The molecule has 0 spiro atoms. The van der Waals surface area contributed by atoms with E-state index in [1.165, 1.54) is 0 Å². The Balaban J connectivity index is 3.43. The molecule has 0 radical (unpaired) electrons. The number of unbranched alkanes of at least 4 members (excludes halogenated alkanes) is 5. The van der Waals surface area contributed by atoms with E-state index in [0.717, 1.165) is 25.7 Å². The van der Waals surface area contributed by atoms with Crippen molar-refractivity contribution in [2.24, 2.45) is 0 Å². The van der Waals surface area contributed by atoms with Crippen LogP contribution in [-0.2, 0) is 23.9 Å². The number of hydrogen-bond donors (Lipinski definition) is 2.